The highest BCUT2D eigenvalue weighted by atomic mass is 35.5. The van der Waals surface area contributed by atoms with Crippen molar-refractivity contribution in [1.82, 2.24) is 14.8 Å². The van der Waals surface area contributed by atoms with Crippen LogP contribution in [0.25, 0.3) is 0 Å². The normalized spacial score (nSPS) is 21.4. The molecule has 8 heteroatoms. The van der Waals surface area contributed by atoms with Gasteiger partial charge in [-0.1, -0.05) is 17.7 Å². The smallest absolute Gasteiger partial charge is 0.348 e. The standard InChI is InChI=1S/C14H15ClN4O3/c1-9-13(20)12(19(21)22)14-17(5-2-6-18(9)14)8-10-3-4-11(15)16-7-10/h3-4,7,9H,2,5-6,8H2,1H3. The Hall–Kier alpha value is -2.15. The van der Waals surface area contributed by atoms with Gasteiger partial charge in [0.2, 0.25) is 0 Å². The summed E-state index contributed by atoms with van der Waals surface area (Å²) >= 11 is 5.77. The molecule has 1 fully saturated rings. The second-order valence-corrected chi connectivity index (χ2v) is 5.81. The third-order valence-electron chi connectivity index (χ3n) is 4.04. The first-order chi connectivity index (χ1) is 10.5. The minimum atomic E-state index is -0.563. The van der Waals surface area contributed by atoms with Crippen LogP contribution in [0.5, 0.6) is 0 Å². The minimum absolute atomic E-state index is 0.297. The Bertz CT molecular complexity index is 659. The molecule has 2 aliphatic heterocycles. The average Bonchev–Trinajstić information content (AvgIpc) is 2.75. The highest BCUT2D eigenvalue weighted by molar-refractivity contribution is 6.29. The largest absolute Gasteiger partial charge is 0.354 e. The van der Waals surface area contributed by atoms with Crippen molar-refractivity contribution in [3.63, 3.8) is 0 Å². The molecular formula is C14H15ClN4O3. The summed E-state index contributed by atoms with van der Waals surface area (Å²) in [7, 11) is 0. The van der Waals surface area contributed by atoms with Gasteiger partial charge in [-0.2, -0.15) is 0 Å². The fourth-order valence-electron chi connectivity index (χ4n) is 2.98. The lowest BCUT2D eigenvalue weighted by molar-refractivity contribution is -0.420. The van der Waals surface area contributed by atoms with Crippen LogP contribution >= 0.6 is 11.6 Å². The van der Waals surface area contributed by atoms with Crippen molar-refractivity contribution in [3.8, 4) is 0 Å². The van der Waals surface area contributed by atoms with Crippen LogP contribution in [-0.2, 0) is 11.3 Å². The Morgan fingerprint density at radius 2 is 2.23 bits per heavy atom. The number of nitro groups is 1. The second-order valence-electron chi connectivity index (χ2n) is 5.43. The summed E-state index contributed by atoms with van der Waals surface area (Å²) in [5.74, 6) is 0.0184. The monoisotopic (exact) mass is 322 g/mol. The van der Waals surface area contributed by atoms with Crippen LogP contribution < -0.4 is 0 Å². The van der Waals surface area contributed by atoms with E-state index in [4.69, 9.17) is 11.6 Å². The first kappa shape index (κ1) is 14.8. The number of hydrogen-bond donors (Lipinski definition) is 0. The van der Waals surface area contributed by atoms with Gasteiger partial charge >= 0.3 is 5.70 Å². The van der Waals surface area contributed by atoms with E-state index in [1.807, 2.05) is 15.9 Å². The van der Waals surface area contributed by atoms with E-state index in [9.17, 15) is 14.9 Å². The van der Waals surface area contributed by atoms with E-state index in [-0.39, 0.29) is 5.70 Å². The van der Waals surface area contributed by atoms with Gasteiger partial charge in [0.15, 0.2) is 5.82 Å². The number of fused-ring (bicyclic) bond motifs is 1. The van der Waals surface area contributed by atoms with Gasteiger partial charge in [-0.05, 0) is 25.0 Å². The van der Waals surface area contributed by atoms with Crippen molar-refractivity contribution in [2.75, 3.05) is 13.1 Å². The lowest BCUT2D eigenvalue weighted by Crippen LogP contribution is -2.44. The summed E-state index contributed by atoms with van der Waals surface area (Å²) in [6.07, 6.45) is 2.50. The molecule has 0 radical (unpaired) electrons. The maximum Gasteiger partial charge on any atom is 0.354 e. The number of carbonyl (C=O) groups excluding carboxylic acids is 1. The van der Waals surface area contributed by atoms with Crippen molar-refractivity contribution in [3.05, 3.63) is 50.7 Å². The maximum atomic E-state index is 12.2. The van der Waals surface area contributed by atoms with Crippen molar-refractivity contribution < 1.29 is 9.72 Å². The van der Waals surface area contributed by atoms with Gasteiger partial charge in [0.05, 0.1) is 11.0 Å². The highest BCUT2D eigenvalue weighted by Gasteiger charge is 2.47. The van der Waals surface area contributed by atoms with Crippen LogP contribution in [-0.4, -0.2) is 44.6 Å². The molecule has 0 N–H and O–H groups in total. The summed E-state index contributed by atoms with van der Waals surface area (Å²) < 4.78 is 0. The molecule has 0 spiro atoms. The second kappa shape index (κ2) is 5.57. The van der Waals surface area contributed by atoms with E-state index in [0.29, 0.717) is 30.6 Å². The molecule has 116 valence electrons. The Kier molecular flexibility index (Phi) is 3.74. The SMILES string of the molecule is CC1C(=O)C([N+](=O)[O-])=C2N(Cc3ccc(Cl)nc3)CCCN21. The highest BCUT2D eigenvalue weighted by Crippen LogP contribution is 2.33. The Morgan fingerprint density at radius 3 is 2.86 bits per heavy atom. The van der Waals surface area contributed by atoms with E-state index in [1.165, 1.54) is 0 Å². The molecule has 3 rings (SSSR count). The zero-order chi connectivity index (χ0) is 15.9. The third-order valence-corrected chi connectivity index (χ3v) is 4.26. The van der Waals surface area contributed by atoms with Crippen LogP contribution in [0.1, 0.15) is 18.9 Å². The zero-order valence-corrected chi connectivity index (χ0v) is 12.8. The van der Waals surface area contributed by atoms with Crippen LogP contribution in [0.3, 0.4) is 0 Å². The van der Waals surface area contributed by atoms with E-state index in [0.717, 1.165) is 12.0 Å². The van der Waals surface area contributed by atoms with Crippen molar-refractivity contribution in [2.24, 2.45) is 0 Å². The van der Waals surface area contributed by atoms with Crippen LogP contribution in [0, 0.1) is 10.1 Å². The van der Waals surface area contributed by atoms with Crippen molar-refractivity contribution >= 4 is 17.4 Å². The number of carbonyl (C=O) groups is 1. The lowest BCUT2D eigenvalue weighted by Gasteiger charge is -2.38. The summed E-state index contributed by atoms with van der Waals surface area (Å²) in [5.41, 5.74) is 0.600. The summed E-state index contributed by atoms with van der Waals surface area (Å²) in [5, 5.41) is 11.7. The summed E-state index contributed by atoms with van der Waals surface area (Å²) in [6.45, 7) is 3.51. The first-order valence-corrected chi connectivity index (χ1v) is 7.41. The number of rotatable bonds is 3. The van der Waals surface area contributed by atoms with Gasteiger partial charge in [0.25, 0.3) is 5.78 Å². The predicted molar refractivity (Wildman–Crippen MR) is 79.5 cm³/mol. The van der Waals surface area contributed by atoms with E-state index < -0.39 is 16.7 Å². The van der Waals surface area contributed by atoms with Gasteiger partial charge in [-0.25, -0.2) is 4.98 Å². The van der Waals surface area contributed by atoms with Gasteiger partial charge in [-0.15, -0.1) is 0 Å². The Balaban J connectivity index is 1.95. The number of ketones is 1. The van der Waals surface area contributed by atoms with Gasteiger partial charge < -0.3 is 9.80 Å². The molecular weight excluding hydrogens is 308 g/mol. The molecule has 0 amide bonds. The van der Waals surface area contributed by atoms with Crippen LogP contribution in [0.4, 0.5) is 0 Å². The van der Waals surface area contributed by atoms with Crippen LogP contribution in [0.2, 0.25) is 5.15 Å². The van der Waals surface area contributed by atoms with Gasteiger partial charge in [-0.3, -0.25) is 14.9 Å². The topological polar surface area (TPSA) is 79.6 Å². The fraction of sp³-hybridized carbons (Fsp3) is 0.429. The molecule has 7 nitrogen and oxygen atoms in total. The molecule has 1 atom stereocenters. The number of halogens is 1. The summed E-state index contributed by atoms with van der Waals surface area (Å²) in [4.78, 5) is 30.6. The van der Waals surface area contributed by atoms with E-state index >= 15 is 0 Å². The number of Topliss-reactive ketones (excluding diaryl/α,β-unsaturated/α-hetero) is 1. The van der Waals surface area contributed by atoms with E-state index in [1.54, 1.807) is 19.2 Å². The molecule has 1 aromatic heterocycles. The average molecular weight is 323 g/mol. The predicted octanol–water partition coefficient (Wildman–Crippen LogP) is 1.66. The quantitative estimate of drug-likeness (QED) is 0.478. The molecule has 3 heterocycles. The zero-order valence-electron chi connectivity index (χ0n) is 12.0. The molecule has 0 aromatic carbocycles. The van der Waals surface area contributed by atoms with Crippen LogP contribution in [0.15, 0.2) is 29.8 Å². The van der Waals surface area contributed by atoms with E-state index in [2.05, 4.69) is 4.98 Å². The Morgan fingerprint density at radius 1 is 1.45 bits per heavy atom. The van der Waals surface area contributed by atoms with Crippen molar-refractivity contribution in [2.45, 2.75) is 25.9 Å². The molecule has 1 aromatic rings. The number of aromatic nitrogens is 1. The van der Waals surface area contributed by atoms with Gasteiger partial charge in [0, 0.05) is 25.8 Å². The molecule has 1 unspecified atom stereocenters. The number of hydrogen-bond acceptors (Lipinski definition) is 6. The molecule has 2 aliphatic rings. The molecule has 0 saturated carbocycles. The summed E-state index contributed by atoms with van der Waals surface area (Å²) in [6, 6.07) is 3.05. The van der Waals surface area contributed by atoms with Crippen molar-refractivity contribution in [1.29, 1.82) is 0 Å². The third kappa shape index (κ3) is 2.41. The molecule has 0 aliphatic carbocycles. The number of nitrogens with zero attached hydrogens (tertiary/aromatic N) is 4. The maximum absolute atomic E-state index is 12.2. The minimum Gasteiger partial charge on any atom is -0.348 e. The Labute approximate surface area is 132 Å². The molecule has 1 saturated heterocycles. The van der Waals surface area contributed by atoms with Gasteiger partial charge in [0.1, 0.15) is 5.15 Å². The molecule has 22 heavy (non-hydrogen) atoms. The number of pyridine rings is 1. The molecule has 0 bridgehead atoms. The lowest BCUT2D eigenvalue weighted by atomic mass is 10.2. The first-order valence-electron chi connectivity index (χ1n) is 7.04. The fourth-order valence-corrected chi connectivity index (χ4v) is 3.10.